The highest BCUT2D eigenvalue weighted by Crippen LogP contribution is 2.43. The summed E-state index contributed by atoms with van der Waals surface area (Å²) < 4.78 is 11.8. The van der Waals surface area contributed by atoms with Crippen LogP contribution in [0.3, 0.4) is 0 Å². The predicted octanol–water partition coefficient (Wildman–Crippen LogP) is 3.55. The van der Waals surface area contributed by atoms with Gasteiger partial charge in [0, 0.05) is 24.8 Å². The van der Waals surface area contributed by atoms with E-state index in [9.17, 15) is 4.79 Å². The summed E-state index contributed by atoms with van der Waals surface area (Å²) in [6.07, 6.45) is 2.53. The van der Waals surface area contributed by atoms with Gasteiger partial charge in [0.15, 0.2) is 0 Å². The van der Waals surface area contributed by atoms with Crippen molar-refractivity contribution in [3.05, 3.63) is 52.2 Å². The lowest BCUT2D eigenvalue weighted by atomic mass is 9.82. The minimum absolute atomic E-state index is 0.0103. The van der Waals surface area contributed by atoms with E-state index in [4.69, 9.17) is 9.47 Å². The number of para-hydroxylation sites is 1. The normalized spacial score (nSPS) is 22.2. The molecule has 3 heterocycles. The quantitative estimate of drug-likeness (QED) is 0.916. The summed E-state index contributed by atoms with van der Waals surface area (Å²) in [6, 6.07) is 11.8. The Hall–Kier alpha value is -1.85. The van der Waals surface area contributed by atoms with Crippen LogP contribution < -0.4 is 10.1 Å². The molecule has 0 radical (unpaired) electrons. The first-order valence-electron chi connectivity index (χ1n) is 7.96. The molecule has 1 N–H and O–H groups in total. The Kier molecular flexibility index (Phi) is 3.83. The third-order valence-electron chi connectivity index (χ3n) is 4.65. The molecule has 1 aromatic carbocycles. The lowest BCUT2D eigenvalue weighted by molar-refractivity contribution is -0.0639. The summed E-state index contributed by atoms with van der Waals surface area (Å²) in [5.41, 5.74) is 0.842. The summed E-state index contributed by atoms with van der Waals surface area (Å²) in [7, 11) is 0. The van der Waals surface area contributed by atoms with E-state index in [-0.39, 0.29) is 17.6 Å². The second kappa shape index (κ2) is 5.98. The van der Waals surface area contributed by atoms with Crippen molar-refractivity contribution in [1.82, 2.24) is 5.32 Å². The molecule has 1 aromatic heterocycles. The van der Waals surface area contributed by atoms with E-state index in [0.717, 1.165) is 35.5 Å². The van der Waals surface area contributed by atoms with Gasteiger partial charge in [-0.05, 0) is 17.5 Å². The van der Waals surface area contributed by atoms with E-state index in [2.05, 4.69) is 5.32 Å². The fourth-order valence-electron chi connectivity index (χ4n) is 3.43. The molecule has 1 spiro atoms. The first-order valence-corrected chi connectivity index (χ1v) is 8.84. The maximum Gasteiger partial charge on any atom is 0.261 e. The number of rotatable bonds is 2. The van der Waals surface area contributed by atoms with Crippen molar-refractivity contribution in [3.8, 4) is 5.75 Å². The van der Waals surface area contributed by atoms with Gasteiger partial charge in [-0.3, -0.25) is 4.79 Å². The van der Waals surface area contributed by atoms with E-state index >= 15 is 0 Å². The molecule has 0 bridgehead atoms. The minimum Gasteiger partial charge on any atom is -0.487 e. The monoisotopic (exact) mass is 329 g/mol. The highest BCUT2D eigenvalue weighted by atomic mass is 32.1. The summed E-state index contributed by atoms with van der Waals surface area (Å²) in [4.78, 5) is 13.2. The van der Waals surface area contributed by atoms with E-state index in [0.29, 0.717) is 13.2 Å². The van der Waals surface area contributed by atoms with Crippen LogP contribution in [-0.4, -0.2) is 24.7 Å². The number of thiophene rings is 1. The van der Waals surface area contributed by atoms with Crippen LogP contribution in [0, 0.1) is 0 Å². The predicted molar refractivity (Wildman–Crippen MR) is 89.0 cm³/mol. The van der Waals surface area contributed by atoms with Crippen molar-refractivity contribution < 1.29 is 14.3 Å². The topological polar surface area (TPSA) is 47.6 Å². The highest BCUT2D eigenvalue weighted by molar-refractivity contribution is 7.12. The van der Waals surface area contributed by atoms with Crippen molar-refractivity contribution in [2.24, 2.45) is 0 Å². The molecular formula is C18H19NO3S. The van der Waals surface area contributed by atoms with Gasteiger partial charge < -0.3 is 14.8 Å². The number of fused-ring (bicyclic) bond motifs is 1. The molecule has 2 aromatic rings. The van der Waals surface area contributed by atoms with Gasteiger partial charge in [0.2, 0.25) is 0 Å². The minimum atomic E-state index is -0.222. The van der Waals surface area contributed by atoms with Crippen LogP contribution in [0.5, 0.6) is 5.75 Å². The average Bonchev–Trinajstić information content (AvgIpc) is 3.10. The Morgan fingerprint density at radius 1 is 1.17 bits per heavy atom. The second-order valence-corrected chi connectivity index (χ2v) is 7.09. The summed E-state index contributed by atoms with van der Waals surface area (Å²) in [5, 5.41) is 5.12. The summed E-state index contributed by atoms with van der Waals surface area (Å²) in [5.74, 6) is 0.876. The SMILES string of the molecule is O=C(N[C@@H]1CC2(CCOCC2)Oc2ccccc21)c1cccs1. The molecule has 1 fully saturated rings. The van der Waals surface area contributed by atoms with Gasteiger partial charge in [-0.1, -0.05) is 24.3 Å². The largest absolute Gasteiger partial charge is 0.487 e. The van der Waals surface area contributed by atoms with Gasteiger partial charge in [0.1, 0.15) is 11.4 Å². The Morgan fingerprint density at radius 2 is 2.00 bits per heavy atom. The fourth-order valence-corrected chi connectivity index (χ4v) is 4.06. The molecule has 4 nitrogen and oxygen atoms in total. The molecule has 120 valence electrons. The molecule has 4 rings (SSSR count). The molecule has 23 heavy (non-hydrogen) atoms. The number of carbonyl (C=O) groups excluding carboxylic acids is 1. The van der Waals surface area contributed by atoms with E-state index in [1.54, 1.807) is 0 Å². The van der Waals surface area contributed by atoms with Crippen molar-refractivity contribution >= 4 is 17.2 Å². The van der Waals surface area contributed by atoms with E-state index in [1.165, 1.54) is 11.3 Å². The summed E-state index contributed by atoms with van der Waals surface area (Å²) >= 11 is 1.46. The van der Waals surface area contributed by atoms with Gasteiger partial charge in [-0.15, -0.1) is 11.3 Å². The number of hydrogen-bond acceptors (Lipinski definition) is 4. The van der Waals surface area contributed by atoms with Crippen LogP contribution in [0.1, 0.15) is 40.5 Å². The molecule has 1 atom stereocenters. The number of carbonyl (C=O) groups is 1. The molecule has 0 aliphatic carbocycles. The first-order chi connectivity index (χ1) is 11.3. The number of benzene rings is 1. The van der Waals surface area contributed by atoms with Crippen molar-refractivity contribution in [3.63, 3.8) is 0 Å². The van der Waals surface area contributed by atoms with Crippen LogP contribution in [0.15, 0.2) is 41.8 Å². The van der Waals surface area contributed by atoms with Gasteiger partial charge in [0.25, 0.3) is 5.91 Å². The van der Waals surface area contributed by atoms with Crippen LogP contribution in [0.2, 0.25) is 0 Å². The van der Waals surface area contributed by atoms with Crippen LogP contribution in [-0.2, 0) is 4.74 Å². The Morgan fingerprint density at radius 3 is 2.78 bits per heavy atom. The lowest BCUT2D eigenvalue weighted by Crippen LogP contribution is -2.48. The molecule has 5 heteroatoms. The number of amides is 1. The Bertz CT molecular complexity index is 692. The van der Waals surface area contributed by atoms with Gasteiger partial charge in [-0.25, -0.2) is 0 Å². The Balaban J connectivity index is 1.63. The maximum atomic E-state index is 12.5. The van der Waals surface area contributed by atoms with Crippen molar-refractivity contribution in [2.75, 3.05) is 13.2 Å². The zero-order valence-electron chi connectivity index (χ0n) is 12.8. The van der Waals surface area contributed by atoms with Crippen molar-refractivity contribution in [2.45, 2.75) is 30.9 Å². The zero-order valence-corrected chi connectivity index (χ0v) is 13.6. The molecule has 0 unspecified atom stereocenters. The smallest absolute Gasteiger partial charge is 0.261 e. The van der Waals surface area contributed by atoms with Crippen molar-refractivity contribution in [1.29, 1.82) is 0 Å². The third kappa shape index (κ3) is 2.86. The van der Waals surface area contributed by atoms with Crippen LogP contribution >= 0.6 is 11.3 Å². The number of hydrogen-bond donors (Lipinski definition) is 1. The molecule has 2 aliphatic rings. The van der Waals surface area contributed by atoms with Crippen LogP contribution in [0.25, 0.3) is 0 Å². The maximum absolute atomic E-state index is 12.5. The molecule has 2 aliphatic heterocycles. The van der Waals surface area contributed by atoms with Crippen LogP contribution in [0.4, 0.5) is 0 Å². The average molecular weight is 329 g/mol. The molecular weight excluding hydrogens is 310 g/mol. The molecule has 0 saturated carbocycles. The first kappa shape index (κ1) is 14.7. The molecule has 1 amide bonds. The standard InChI is InChI=1S/C18H19NO3S/c20-17(16-6-3-11-23-16)19-14-12-18(7-9-21-10-8-18)22-15-5-2-1-4-13(14)15/h1-6,11,14H,7-10,12H2,(H,19,20)/t14-/m1/s1. The van der Waals surface area contributed by atoms with Gasteiger partial charge >= 0.3 is 0 Å². The van der Waals surface area contributed by atoms with Gasteiger partial charge in [-0.2, -0.15) is 0 Å². The number of ether oxygens (including phenoxy) is 2. The zero-order chi connectivity index (χ0) is 15.7. The fraction of sp³-hybridized carbons (Fsp3) is 0.389. The third-order valence-corrected chi connectivity index (χ3v) is 5.52. The summed E-state index contributed by atoms with van der Waals surface area (Å²) in [6.45, 7) is 1.43. The number of nitrogens with one attached hydrogen (secondary N) is 1. The second-order valence-electron chi connectivity index (χ2n) is 6.14. The molecule has 1 saturated heterocycles. The Labute approximate surface area is 139 Å². The van der Waals surface area contributed by atoms with E-state index < -0.39 is 0 Å². The van der Waals surface area contributed by atoms with E-state index in [1.807, 2.05) is 41.8 Å². The highest BCUT2D eigenvalue weighted by Gasteiger charge is 2.42. The van der Waals surface area contributed by atoms with Gasteiger partial charge in [0.05, 0.1) is 24.1 Å². The lowest BCUT2D eigenvalue weighted by Gasteiger charge is -2.44.